The lowest BCUT2D eigenvalue weighted by atomic mass is 10.1. The Morgan fingerprint density at radius 3 is 2.80 bits per heavy atom. The van der Waals surface area contributed by atoms with Gasteiger partial charge >= 0.3 is 5.97 Å². The number of benzene rings is 1. The number of halogens is 2. The summed E-state index contributed by atoms with van der Waals surface area (Å²) in [5.74, 6) is -0.0873. The number of ether oxygens (including phenoxy) is 1. The summed E-state index contributed by atoms with van der Waals surface area (Å²) in [5, 5.41) is 9.72. The van der Waals surface area contributed by atoms with Crippen LogP contribution in [-0.4, -0.2) is 20.6 Å². The van der Waals surface area contributed by atoms with Crippen molar-refractivity contribution in [2.75, 3.05) is 0 Å². The highest BCUT2D eigenvalue weighted by molar-refractivity contribution is 9.10. The molecule has 5 nitrogen and oxygen atoms in total. The molecule has 106 valence electrons. The fraction of sp³-hybridized carbons (Fsp3) is 0.231. The third-order valence-corrected chi connectivity index (χ3v) is 3.65. The number of aryl methyl sites for hydroxylation is 1. The van der Waals surface area contributed by atoms with Gasteiger partial charge in [-0.15, -0.1) is 0 Å². The summed E-state index contributed by atoms with van der Waals surface area (Å²) < 4.78 is 7.99. The number of hydrogen-bond donors (Lipinski definition) is 1. The fourth-order valence-corrected chi connectivity index (χ4v) is 2.49. The maximum Gasteiger partial charge on any atom is 0.339 e. The van der Waals surface area contributed by atoms with E-state index < -0.39 is 5.97 Å². The van der Waals surface area contributed by atoms with Gasteiger partial charge in [-0.25, -0.2) is 9.78 Å². The molecule has 0 saturated carbocycles. The molecule has 2 aromatic rings. The van der Waals surface area contributed by atoms with Crippen LogP contribution in [0.4, 0.5) is 0 Å². The van der Waals surface area contributed by atoms with Crippen LogP contribution in [-0.2, 0) is 13.7 Å². The molecule has 1 aromatic carbocycles. The Bertz CT molecular complexity index is 670. The summed E-state index contributed by atoms with van der Waals surface area (Å²) in [6.07, 6.45) is 1.52. The van der Waals surface area contributed by atoms with Gasteiger partial charge in [-0.05, 0) is 24.6 Å². The van der Waals surface area contributed by atoms with Gasteiger partial charge in [0.05, 0.1) is 6.20 Å². The summed E-state index contributed by atoms with van der Waals surface area (Å²) in [5.41, 5.74) is 0.842. The molecule has 1 N–H and O–H groups in total. The van der Waals surface area contributed by atoms with Crippen LogP contribution < -0.4 is 4.74 Å². The summed E-state index contributed by atoms with van der Waals surface area (Å²) in [6, 6.07) is 3.31. The van der Waals surface area contributed by atoms with E-state index >= 15 is 0 Å². The SMILES string of the molecule is Cc1cc(Br)cc(C(=O)O)c1OCc1ncc(Cl)n1C. The van der Waals surface area contributed by atoms with Crippen LogP contribution in [0.25, 0.3) is 0 Å². The second-order valence-corrected chi connectivity index (χ2v) is 5.55. The molecule has 0 aliphatic carbocycles. The van der Waals surface area contributed by atoms with Crippen molar-refractivity contribution in [1.29, 1.82) is 0 Å². The molecule has 0 aliphatic rings. The molecule has 0 aliphatic heterocycles. The molecule has 0 radical (unpaired) electrons. The highest BCUT2D eigenvalue weighted by Gasteiger charge is 2.16. The third-order valence-electron chi connectivity index (χ3n) is 2.84. The number of imidazole rings is 1. The smallest absolute Gasteiger partial charge is 0.339 e. The van der Waals surface area contributed by atoms with Gasteiger partial charge in [-0.2, -0.15) is 0 Å². The first kappa shape index (κ1) is 14.9. The van der Waals surface area contributed by atoms with Crippen molar-refractivity contribution >= 4 is 33.5 Å². The van der Waals surface area contributed by atoms with Crippen molar-refractivity contribution in [3.05, 3.63) is 44.9 Å². The van der Waals surface area contributed by atoms with Crippen LogP contribution >= 0.6 is 27.5 Å². The summed E-state index contributed by atoms with van der Waals surface area (Å²) >= 11 is 9.16. The Kier molecular flexibility index (Phi) is 4.35. The quantitative estimate of drug-likeness (QED) is 0.908. The molecule has 1 heterocycles. The van der Waals surface area contributed by atoms with E-state index in [1.165, 1.54) is 12.3 Å². The Labute approximate surface area is 129 Å². The molecule has 0 fully saturated rings. The van der Waals surface area contributed by atoms with Crippen molar-refractivity contribution < 1.29 is 14.6 Å². The lowest BCUT2D eigenvalue weighted by Crippen LogP contribution is -2.08. The van der Waals surface area contributed by atoms with Gasteiger partial charge in [0, 0.05) is 11.5 Å². The summed E-state index contributed by atoms with van der Waals surface area (Å²) in [6.45, 7) is 1.93. The van der Waals surface area contributed by atoms with Crippen LogP contribution in [0.5, 0.6) is 5.75 Å². The van der Waals surface area contributed by atoms with Gasteiger partial charge in [-0.1, -0.05) is 27.5 Å². The number of aromatic nitrogens is 2. The number of carboxylic acid groups (broad SMARTS) is 1. The highest BCUT2D eigenvalue weighted by atomic mass is 79.9. The zero-order valence-corrected chi connectivity index (χ0v) is 13.2. The van der Waals surface area contributed by atoms with E-state index in [4.69, 9.17) is 16.3 Å². The average Bonchev–Trinajstić information content (AvgIpc) is 2.68. The Morgan fingerprint density at radius 1 is 1.55 bits per heavy atom. The maximum absolute atomic E-state index is 11.3. The van der Waals surface area contributed by atoms with E-state index in [0.29, 0.717) is 21.2 Å². The van der Waals surface area contributed by atoms with Crippen LogP contribution in [0.1, 0.15) is 21.7 Å². The standard InChI is InChI=1S/C13H12BrClN2O3/c1-7-3-8(14)4-9(13(18)19)12(7)20-6-11-16-5-10(15)17(11)2/h3-5H,6H2,1-2H3,(H,18,19). The molecule has 2 rings (SSSR count). The predicted molar refractivity (Wildman–Crippen MR) is 78.4 cm³/mol. The van der Waals surface area contributed by atoms with Gasteiger partial charge in [0.25, 0.3) is 0 Å². The Morgan fingerprint density at radius 2 is 2.25 bits per heavy atom. The second kappa shape index (κ2) is 5.85. The molecular formula is C13H12BrClN2O3. The topological polar surface area (TPSA) is 64.3 Å². The van der Waals surface area contributed by atoms with Gasteiger partial charge in [-0.3, -0.25) is 0 Å². The lowest BCUT2D eigenvalue weighted by Gasteiger charge is -2.12. The van der Waals surface area contributed by atoms with Gasteiger partial charge in [0.2, 0.25) is 0 Å². The Hall–Kier alpha value is -1.53. The lowest BCUT2D eigenvalue weighted by molar-refractivity contribution is 0.0691. The number of nitrogens with zero attached hydrogens (tertiary/aromatic N) is 2. The van der Waals surface area contributed by atoms with Crippen molar-refractivity contribution in [2.45, 2.75) is 13.5 Å². The third kappa shape index (κ3) is 2.96. The maximum atomic E-state index is 11.3. The molecule has 0 unspecified atom stereocenters. The second-order valence-electron chi connectivity index (χ2n) is 4.25. The number of hydrogen-bond acceptors (Lipinski definition) is 3. The van der Waals surface area contributed by atoms with Crippen LogP contribution in [0, 0.1) is 6.92 Å². The number of rotatable bonds is 4. The number of carboxylic acids is 1. The molecule has 0 saturated heterocycles. The van der Waals surface area contributed by atoms with E-state index in [1.54, 1.807) is 24.6 Å². The van der Waals surface area contributed by atoms with Crippen LogP contribution in [0.15, 0.2) is 22.8 Å². The van der Waals surface area contributed by atoms with Gasteiger partial charge < -0.3 is 14.4 Å². The number of aromatic carboxylic acids is 1. The van der Waals surface area contributed by atoms with Crippen molar-refractivity contribution in [1.82, 2.24) is 9.55 Å². The predicted octanol–water partition coefficient (Wildman–Crippen LogP) is 3.42. The van der Waals surface area contributed by atoms with Crippen LogP contribution in [0.3, 0.4) is 0 Å². The zero-order chi connectivity index (χ0) is 14.9. The van der Waals surface area contributed by atoms with E-state index in [9.17, 15) is 9.90 Å². The van der Waals surface area contributed by atoms with E-state index in [2.05, 4.69) is 20.9 Å². The monoisotopic (exact) mass is 358 g/mol. The first-order valence-electron chi connectivity index (χ1n) is 5.72. The first-order chi connectivity index (χ1) is 9.40. The summed E-state index contributed by atoms with van der Waals surface area (Å²) in [7, 11) is 1.76. The highest BCUT2D eigenvalue weighted by Crippen LogP contribution is 2.29. The van der Waals surface area contributed by atoms with Gasteiger partial charge in [0.15, 0.2) is 0 Å². The Balaban J connectivity index is 2.29. The first-order valence-corrected chi connectivity index (χ1v) is 6.89. The van der Waals surface area contributed by atoms with E-state index in [-0.39, 0.29) is 12.2 Å². The van der Waals surface area contributed by atoms with Crippen molar-refractivity contribution in [3.63, 3.8) is 0 Å². The molecule has 0 atom stereocenters. The molecule has 0 spiro atoms. The fourth-order valence-electron chi connectivity index (χ4n) is 1.78. The minimum absolute atomic E-state index is 0.109. The molecule has 0 bridgehead atoms. The number of carbonyl (C=O) groups is 1. The molecule has 20 heavy (non-hydrogen) atoms. The average molecular weight is 360 g/mol. The minimum Gasteiger partial charge on any atom is -0.484 e. The summed E-state index contributed by atoms with van der Waals surface area (Å²) in [4.78, 5) is 15.4. The van der Waals surface area contributed by atoms with E-state index in [0.717, 1.165) is 5.56 Å². The largest absolute Gasteiger partial charge is 0.484 e. The van der Waals surface area contributed by atoms with Crippen molar-refractivity contribution in [3.8, 4) is 5.75 Å². The van der Waals surface area contributed by atoms with Gasteiger partial charge in [0.1, 0.15) is 28.9 Å². The zero-order valence-electron chi connectivity index (χ0n) is 10.9. The van der Waals surface area contributed by atoms with Crippen LogP contribution in [0.2, 0.25) is 5.15 Å². The molecular weight excluding hydrogens is 348 g/mol. The molecule has 1 aromatic heterocycles. The molecule has 7 heteroatoms. The van der Waals surface area contributed by atoms with Crippen molar-refractivity contribution in [2.24, 2.45) is 7.05 Å². The minimum atomic E-state index is -1.04. The molecule has 0 amide bonds. The normalized spacial score (nSPS) is 10.6. The van der Waals surface area contributed by atoms with E-state index in [1.807, 2.05) is 0 Å².